The molecule has 0 spiro atoms. The van der Waals surface area contributed by atoms with Gasteiger partial charge in [-0.1, -0.05) is 26.2 Å². The Morgan fingerprint density at radius 3 is 2.17 bits per heavy atom. The van der Waals surface area contributed by atoms with Gasteiger partial charge in [0.2, 0.25) is 0 Å². The third-order valence-corrected chi connectivity index (χ3v) is 3.54. The van der Waals surface area contributed by atoms with E-state index in [-0.39, 0.29) is 30.1 Å². The van der Waals surface area contributed by atoms with Crippen LogP contribution in [0.1, 0.15) is 53.4 Å². The van der Waals surface area contributed by atoms with Crippen LogP contribution in [0, 0.1) is 0 Å². The van der Waals surface area contributed by atoms with Crippen molar-refractivity contribution < 1.29 is 9.53 Å². The van der Waals surface area contributed by atoms with Crippen molar-refractivity contribution in [3.8, 4) is 0 Å². The van der Waals surface area contributed by atoms with Crippen molar-refractivity contribution in [3.05, 3.63) is 0 Å². The largest absolute Gasteiger partial charge is 0.444 e. The van der Waals surface area contributed by atoms with Crippen molar-refractivity contribution in [1.82, 2.24) is 9.80 Å². The van der Waals surface area contributed by atoms with E-state index < -0.39 is 5.60 Å². The summed E-state index contributed by atoms with van der Waals surface area (Å²) in [5, 5.41) is 0. The van der Waals surface area contributed by atoms with E-state index in [1.54, 1.807) is 4.90 Å². The van der Waals surface area contributed by atoms with Gasteiger partial charge in [0.25, 0.3) is 0 Å². The molecular weight excluding hydrogens is 407 g/mol. The normalized spacial score (nSPS) is 16.1. The summed E-state index contributed by atoms with van der Waals surface area (Å²) in [6.07, 6.45) is 4.53. The first kappa shape index (κ1) is 22.3. The third-order valence-electron chi connectivity index (χ3n) is 3.54. The lowest BCUT2D eigenvalue weighted by molar-refractivity contribution is 0.0186. The number of rotatable bonds is 5. The van der Waals surface area contributed by atoms with Crippen molar-refractivity contribution in [2.24, 2.45) is 10.7 Å². The smallest absolute Gasteiger partial charge is 0.410 e. The van der Waals surface area contributed by atoms with Gasteiger partial charge in [-0.2, -0.15) is 0 Å². The molecule has 1 heterocycles. The second kappa shape index (κ2) is 10.9. The maximum absolute atomic E-state index is 12.0. The number of guanidine groups is 1. The Labute approximate surface area is 157 Å². The van der Waals surface area contributed by atoms with Gasteiger partial charge in [-0.05, 0) is 27.2 Å². The molecule has 0 radical (unpaired) electrons. The van der Waals surface area contributed by atoms with Crippen LogP contribution < -0.4 is 5.73 Å². The summed E-state index contributed by atoms with van der Waals surface area (Å²) in [5.41, 5.74) is 5.58. The summed E-state index contributed by atoms with van der Waals surface area (Å²) in [6, 6.07) is 0. The lowest BCUT2D eigenvalue weighted by Crippen LogP contribution is -2.53. The zero-order valence-electron chi connectivity index (χ0n) is 15.0. The van der Waals surface area contributed by atoms with Gasteiger partial charge in [-0.3, -0.25) is 4.99 Å². The highest BCUT2D eigenvalue weighted by molar-refractivity contribution is 14.0. The molecule has 1 amide bonds. The van der Waals surface area contributed by atoms with Gasteiger partial charge in [0.15, 0.2) is 5.96 Å². The molecule has 2 N–H and O–H groups in total. The number of amides is 1. The van der Waals surface area contributed by atoms with Gasteiger partial charge >= 0.3 is 6.09 Å². The Balaban J connectivity index is 0.00000484. The zero-order valence-corrected chi connectivity index (χ0v) is 17.3. The molecule has 1 aliphatic heterocycles. The van der Waals surface area contributed by atoms with Crippen LogP contribution in [0.3, 0.4) is 0 Å². The fourth-order valence-electron chi connectivity index (χ4n) is 2.28. The predicted octanol–water partition coefficient (Wildman–Crippen LogP) is 3.05. The SMILES string of the molecule is CCCCCCN=C(N)N1CCN(C(=O)OC(C)(C)C)CC1.I. The number of hydrogen-bond donors (Lipinski definition) is 1. The number of carbonyl (C=O) groups is 1. The number of nitrogens with two attached hydrogens (primary N) is 1. The third kappa shape index (κ3) is 9.22. The highest BCUT2D eigenvalue weighted by atomic mass is 127. The van der Waals surface area contributed by atoms with Crippen LogP contribution in [0.4, 0.5) is 4.79 Å². The van der Waals surface area contributed by atoms with Gasteiger partial charge in [-0.15, -0.1) is 24.0 Å². The molecule has 0 aromatic heterocycles. The van der Waals surface area contributed by atoms with E-state index in [1.165, 1.54) is 19.3 Å². The standard InChI is InChI=1S/C16H32N4O2.HI/c1-5-6-7-8-9-18-14(17)19-10-12-20(13-11-19)15(21)22-16(2,3)4;/h5-13H2,1-4H3,(H2,17,18);1H. The molecule has 0 bridgehead atoms. The number of aliphatic imine (C=N–C) groups is 1. The molecule has 1 rings (SSSR count). The van der Waals surface area contributed by atoms with Crippen LogP contribution in [0.15, 0.2) is 4.99 Å². The maximum atomic E-state index is 12.0. The number of halogens is 1. The maximum Gasteiger partial charge on any atom is 0.410 e. The second-order valence-corrected chi connectivity index (χ2v) is 6.76. The van der Waals surface area contributed by atoms with E-state index in [2.05, 4.69) is 11.9 Å². The molecule has 136 valence electrons. The summed E-state index contributed by atoms with van der Waals surface area (Å²) in [6.45, 7) is 11.3. The lowest BCUT2D eigenvalue weighted by Gasteiger charge is -2.36. The zero-order chi connectivity index (χ0) is 16.6. The molecule has 1 fully saturated rings. The molecule has 0 saturated carbocycles. The van der Waals surface area contributed by atoms with Crippen molar-refractivity contribution in [1.29, 1.82) is 0 Å². The Kier molecular flexibility index (Phi) is 10.6. The van der Waals surface area contributed by atoms with Crippen molar-refractivity contribution in [3.63, 3.8) is 0 Å². The molecule has 0 unspecified atom stereocenters. The summed E-state index contributed by atoms with van der Waals surface area (Å²) >= 11 is 0. The molecule has 23 heavy (non-hydrogen) atoms. The van der Waals surface area contributed by atoms with Gasteiger partial charge in [0, 0.05) is 32.7 Å². The average Bonchev–Trinajstić information content (AvgIpc) is 2.45. The fraction of sp³-hybridized carbons (Fsp3) is 0.875. The molecule has 6 nitrogen and oxygen atoms in total. The minimum Gasteiger partial charge on any atom is -0.444 e. The van der Waals surface area contributed by atoms with E-state index in [4.69, 9.17) is 10.5 Å². The number of piperazine rings is 1. The average molecular weight is 440 g/mol. The van der Waals surface area contributed by atoms with Gasteiger partial charge in [0.1, 0.15) is 5.60 Å². The molecule has 0 atom stereocenters. The number of unbranched alkanes of at least 4 members (excludes halogenated alkanes) is 3. The highest BCUT2D eigenvalue weighted by Crippen LogP contribution is 2.11. The van der Waals surface area contributed by atoms with E-state index in [0.29, 0.717) is 32.1 Å². The van der Waals surface area contributed by atoms with Crippen molar-refractivity contribution >= 4 is 36.0 Å². The number of nitrogens with zero attached hydrogens (tertiary/aromatic N) is 3. The molecule has 1 aliphatic rings. The molecular formula is C16H33IN4O2. The van der Waals surface area contributed by atoms with Gasteiger partial charge < -0.3 is 20.3 Å². The van der Waals surface area contributed by atoms with Crippen LogP contribution in [0.2, 0.25) is 0 Å². The molecule has 1 saturated heterocycles. The highest BCUT2D eigenvalue weighted by Gasteiger charge is 2.26. The summed E-state index contributed by atoms with van der Waals surface area (Å²) in [7, 11) is 0. The first-order valence-electron chi connectivity index (χ1n) is 8.36. The Morgan fingerprint density at radius 1 is 1.09 bits per heavy atom. The fourth-order valence-corrected chi connectivity index (χ4v) is 2.28. The quantitative estimate of drug-likeness (QED) is 0.309. The van der Waals surface area contributed by atoms with Crippen LogP contribution in [0.25, 0.3) is 0 Å². The summed E-state index contributed by atoms with van der Waals surface area (Å²) < 4.78 is 5.38. The minimum absolute atomic E-state index is 0. The van der Waals surface area contributed by atoms with E-state index >= 15 is 0 Å². The minimum atomic E-state index is -0.451. The molecule has 0 aliphatic carbocycles. The first-order valence-corrected chi connectivity index (χ1v) is 8.36. The lowest BCUT2D eigenvalue weighted by atomic mass is 10.2. The summed E-state index contributed by atoms with van der Waals surface area (Å²) in [4.78, 5) is 20.2. The van der Waals surface area contributed by atoms with Crippen molar-refractivity contribution in [2.45, 2.75) is 59.0 Å². The Bertz CT molecular complexity index is 375. The van der Waals surface area contributed by atoms with Crippen LogP contribution in [0.5, 0.6) is 0 Å². The van der Waals surface area contributed by atoms with Crippen LogP contribution in [-0.4, -0.2) is 60.2 Å². The predicted molar refractivity (Wildman–Crippen MR) is 105 cm³/mol. The van der Waals surface area contributed by atoms with Crippen LogP contribution in [-0.2, 0) is 4.74 Å². The van der Waals surface area contributed by atoms with Crippen molar-refractivity contribution in [2.75, 3.05) is 32.7 Å². The molecule has 7 heteroatoms. The molecule has 0 aromatic rings. The molecule has 0 aromatic carbocycles. The number of ether oxygens (including phenoxy) is 1. The van der Waals surface area contributed by atoms with E-state index in [0.717, 1.165) is 13.0 Å². The topological polar surface area (TPSA) is 71.2 Å². The van der Waals surface area contributed by atoms with E-state index in [1.807, 2.05) is 25.7 Å². The van der Waals surface area contributed by atoms with Gasteiger partial charge in [0.05, 0.1) is 0 Å². The monoisotopic (exact) mass is 440 g/mol. The first-order chi connectivity index (χ1) is 10.3. The number of hydrogen-bond acceptors (Lipinski definition) is 3. The van der Waals surface area contributed by atoms with Gasteiger partial charge in [-0.25, -0.2) is 4.79 Å². The van der Waals surface area contributed by atoms with E-state index in [9.17, 15) is 4.79 Å². The Morgan fingerprint density at radius 2 is 1.65 bits per heavy atom. The van der Waals surface area contributed by atoms with Crippen LogP contribution >= 0.6 is 24.0 Å². The Hall–Kier alpha value is -0.730. The summed E-state index contributed by atoms with van der Waals surface area (Å²) in [5.74, 6) is 0.598. The number of carbonyl (C=O) groups excluding carboxylic acids is 1. The second-order valence-electron chi connectivity index (χ2n) is 6.76.